The molecule has 0 aliphatic carbocycles. The van der Waals surface area contributed by atoms with Crippen LogP contribution in [0.1, 0.15) is 18.4 Å². The van der Waals surface area contributed by atoms with E-state index in [0.29, 0.717) is 17.4 Å². The lowest BCUT2D eigenvalue weighted by Gasteiger charge is -2.13. The van der Waals surface area contributed by atoms with Gasteiger partial charge in [0.1, 0.15) is 5.69 Å². The molecule has 1 aliphatic heterocycles. The Bertz CT molecular complexity index is 527. The van der Waals surface area contributed by atoms with Crippen LogP contribution in [-0.2, 0) is 0 Å². The highest BCUT2D eigenvalue weighted by Crippen LogP contribution is 2.29. The van der Waals surface area contributed by atoms with Crippen molar-refractivity contribution >= 4 is 0 Å². The summed E-state index contributed by atoms with van der Waals surface area (Å²) in [7, 11) is 2.00. The first-order chi connectivity index (χ1) is 8.74. The van der Waals surface area contributed by atoms with Crippen LogP contribution in [0.15, 0.2) is 23.1 Å². The number of rotatable bonds is 2. The first kappa shape index (κ1) is 11.2. The molecule has 0 aromatic carbocycles. The molecule has 0 amide bonds. The molecule has 0 saturated carbocycles. The predicted octanol–water partition coefficient (Wildman–Crippen LogP) is 0.230. The smallest absolute Gasteiger partial charge is 0.244 e. The first-order valence-corrected chi connectivity index (χ1v) is 5.80. The second kappa shape index (κ2) is 4.43. The van der Waals surface area contributed by atoms with Crippen molar-refractivity contribution < 1.29 is 4.52 Å². The van der Waals surface area contributed by atoms with Crippen LogP contribution in [0.5, 0.6) is 0 Å². The fourth-order valence-electron chi connectivity index (χ4n) is 2.22. The molecular formula is C11H14N6O. The Morgan fingerprint density at radius 2 is 2.33 bits per heavy atom. The molecule has 0 spiro atoms. The molecular weight excluding hydrogens is 232 g/mol. The number of nitrogens with zero attached hydrogens (tertiary/aromatic N) is 5. The zero-order valence-electron chi connectivity index (χ0n) is 10.0. The summed E-state index contributed by atoms with van der Waals surface area (Å²) in [5.41, 5.74) is 6.53. The first-order valence-electron chi connectivity index (χ1n) is 5.80. The number of nitrogens with two attached hydrogens (primary N) is 1. The molecule has 2 N–H and O–H groups in total. The summed E-state index contributed by atoms with van der Waals surface area (Å²) in [6.45, 7) is 0.841. The van der Waals surface area contributed by atoms with Crippen molar-refractivity contribution in [2.45, 2.75) is 18.5 Å². The fourth-order valence-corrected chi connectivity index (χ4v) is 2.22. The van der Waals surface area contributed by atoms with Crippen molar-refractivity contribution in [1.82, 2.24) is 25.0 Å². The quantitative estimate of drug-likeness (QED) is 0.810. The van der Waals surface area contributed by atoms with E-state index in [-0.39, 0.29) is 12.1 Å². The van der Waals surface area contributed by atoms with E-state index in [4.69, 9.17) is 10.3 Å². The van der Waals surface area contributed by atoms with Crippen LogP contribution in [0, 0.1) is 0 Å². The van der Waals surface area contributed by atoms with E-state index in [0.717, 1.165) is 13.0 Å². The van der Waals surface area contributed by atoms with Crippen LogP contribution in [0.2, 0.25) is 0 Å². The maximum atomic E-state index is 5.92. The van der Waals surface area contributed by atoms with E-state index in [1.165, 1.54) is 0 Å². The van der Waals surface area contributed by atoms with Gasteiger partial charge in [0, 0.05) is 25.0 Å². The highest BCUT2D eigenvalue weighted by molar-refractivity contribution is 5.45. The summed E-state index contributed by atoms with van der Waals surface area (Å²) in [5.74, 6) is 1.05. The monoisotopic (exact) mass is 246 g/mol. The molecule has 7 nitrogen and oxygen atoms in total. The van der Waals surface area contributed by atoms with Gasteiger partial charge in [0.05, 0.1) is 12.2 Å². The van der Waals surface area contributed by atoms with Crippen molar-refractivity contribution in [1.29, 1.82) is 0 Å². The highest BCUT2D eigenvalue weighted by atomic mass is 16.5. The van der Waals surface area contributed by atoms with Gasteiger partial charge >= 0.3 is 0 Å². The Morgan fingerprint density at radius 3 is 3.00 bits per heavy atom. The summed E-state index contributed by atoms with van der Waals surface area (Å²) in [5, 5.41) is 3.93. The molecule has 2 atom stereocenters. The Morgan fingerprint density at radius 1 is 1.44 bits per heavy atom. The van der Waals surface area contributed by atoms with Crippen molar-refractivity contribution in [3.63, 3.8) is 0 Å². The molecule has 7 heteroatoms. The van der Waals surface area contributed by atoms with Gasteiger partial charge in [0.25, 0.3) is 0 Å². The van der Waals surface area contributed by atoms with Crippen LogP contribution < -0.4 is 5.73 Å². The zero-order chi connectivity index (χ0) is 12.5. The molecule has 2 aromatic heterocycles. The number of likely N-dealkylation sites (N-methyl/N-ethyl adjacent to an activating group) is 1. The Labute approximate surface area is 104 Å². The van der Waals surface area contributed by atoms with E-state index in [9.17, 15) is 0 Å². The van der Waals surface area contributed by atoms with E-state index < -0.39 is 0 Å². The normalized spacial score (nSPS) is 24.6. The summed E-state index contributed by atoms with van der Waals surface area (Å²) in [6, 6.07) is 0.254. The second-order valence-corrected chi connectivity index (χ2v) is 4.50. The standard InChI is InChI=1S/C11H14N6O/c1-17-6-7(12)4-9(17)11-15-10(16-18-11)8-5-13-2-3-14-8/h2-3,5,7,9H,4,6,12H2,1H3/t7-,9-/m0/s1. The van der Waals surface area contributed by atoms with Gasteiger partial charge in [-0.2, -0.15) is 4.98 Å². The highest BCUT2D eigenvalue weighted by Gasteiger charge is 2.32. The van der Waals surface area contributed by atoms with E-state index in [2.05, 4.69) is 25.0 Å². The largest absolute Gasteiger partial charge is 0.337 e. The molecule has 1 aliphatic rings. The molecule has 3 rings (SSSR count). The predicted molar refractivity (Wildman–Crippen MR) is 63.3 cm³/mol. The minimum Gasteiger partial charge on any atom is -0.337 e. The molecule has 0 bridgehead atoms. The SMILES string of the molecule is CN1C[C@@H](N)C[C@H]1c1nc(-c2cnccn2)no1. The van der Waals surface area contributed by atoms with E-state index in [1.54, 1.807) is 18.6 Å². The number of hydrogen-bond acceptors (Lipinski definition) is 7. The van der Waals surface area contributed by atoms with E-state index >= 15 is 0 Å². The van der Waals surface area contributed by atoms with Gasteiger partial charge in [-0.25, -0.2) is 4.98 Å². The third-order valence-corrected chi connectivity index (χ3v) is 3.10. The van der Waals surface area contributed by atoms with Gasteiger partial charge < -0.3 is 10.3 Å². The molecule has 1 saturated heterocycles. The third kappa shape index (κ3) is 1.98. The van der Waals surface area contributed by atoms with Gasteiger partial charge in [-0.3, -0.25) is 9.88 Å². The third-order valence-electron chi connectivity index (χ3n) is 3.10. The van der Waals surface area contributed by atoms with Gasteiger partial charge in [0.15, 0.2) is 0 Å². The van der Waals surface area contributed by atoms with Gasteiger partial charge in [0.2, 0.25) is 11.7 Å². The number of likely N-dealkylation sites (tertiary alicyclic amines) is 1. The molecule has 0 unspecified atom stereocenters. The van der Waals surface area contributed by atoms with Crippen molar-refractivity contribution in [3.05, 3.63) is 24.5 Å². The molecule has 1 fully saturated rings. The van der Waals surface area contributed by atoms with Gasteiger partial charge in [-0.1, -0.05) is 5.16 Å². The maximum Gasteiger partial charge on any atom is 0.244 e. The molecule has 18 heavy (non-hydrogen) atoms. The van der Waals surface area contributed by atoms with Crippen LogP contribution in [-0.4, -0.2) is 44.6 Å². The minimum atomic E-state index is 0.0953. The lowest BCUT2D eigenvalue weighted by atomic mass is 10.2. The number of hydrogen-bond donors (Lipinski definition) is 1. The van der Waals surface area contributed by atoms with E-state index in [1.807, 2.05) is 7.05 Å². The molecule has 94 valence electrons. The minimum absolute atomic E-state index is 0.0953. The van der Waals surface area contributed by atoms with Crippen molar-refractivity contribution in [2.75, 3.05) is 13.6 Å². The van der Waals surface area contributed by atoms with Gasteiger partial charge in [-0.15, -0.1) is 0 Å². The van der Waals surface area contributed by atoms with Crippen molar-refractivity contribution in [2.24, 2.45) is 5.73 Å². The molecule has 2 aromatic rings. The lowest BCUT2D eigenvalue weighted by Crippen LogP contribution is -2.24. The fraction of sp³-hybridized carbons (Fsp3) is 0.455. The average Bonchev–Trinajstić information content (AvgIpc) is 2.97. The molecule has 3 heterocycles. The van der Waals surface area contributed by atoms with Crippen LogP contribution >= 0.6 is 0 Å². The summed E-state index contributed by atoms with van der Waals surface area (Å²) in [4.78, 5) is 14.6. The van der Waals surface area contributed by atoms with Crippen LogP contribution in [0.4, 0.5) is 0 Å². The lowest BCUT2D eigenvalue weighted by molar-refractivity contribution is 0.244. The Hall–Kier alpha value is -1.86. The zero-order valence-corrected chi connectivity index (χ0v) is 10.0. The number of aromatic nitrogens is 4. The Balaban J connectivity index is 1.86. The topological polar surface area (TPSA) is 94.0 Å². The van der Waals surface area contributed by atoms with Gasteiger partial charge in [-0.05, 0) is 13.5 Å². The van der Waals surface area contributed by atoms with Crippen LogP contribution in [0.3, 0.4) is 0 Å². The summed E-state index contributed by atoms with van der Waals surface area (Å²) in [6.07, 6.45) is 5.65. The second-order valence-electron chi connectivity index (χ2n) is 4.50. The van der Waals surface area contributed by atoms with Crippen molar-refractivity contribution in [3.8, 4) is 11.5 Å². The summed E-state index contributed by atoms with van der Waals surface area (Å²) < 4.78 is 5.30. The Kier molecular flexibility index (Phi) is 2.77. The molecule has 0 radical (unpaired) electrons. The summed E-state index contributed by atoms with van der Waals surface area (Å²) >= 11 is 0. The maximum absolute atomic E-state index is 5.92. The average molecular weight is 246 g/mol. The van der Waals surface area contributed by atoms with Crippen LogP contribution in [0.25, 0.3) is 11.5 Å².